The molecule has 0 saturated carbocycles. The Labute approximate surface area is 143 Å². The monoisotopic (exact) mass is 329 g/mol. The number of likely N-dealkylation sites (N-methyl/N-ethyl adjacent to an activating group) is 2. The lowest BCUT2D eigenvalue weighted by atomic mass is 10.2. The number of aromatic amines is 1. The van der Waals surface area contributed by atoms with Crippen LogP contribution in [-0.4, -0.2) is 77.4 Å². The van der Waals surface area contributed by atoms with Crippen molar-refractivity contribution in [1.29, 1.82) is 0 Å². The number of H-pyrrole nitrogens is 1. The Morgan fingerprint density at radius 2 is 2.12 bits per heavy atom. The van der Waals surface area contributed by atoms with Crippen LogP contribution in [-0.2, 0) is 11.3 Å². The van der Waals surface area contributed by atoms with Gasteiger partial charge in [-0.2, -0.15) is 0 Å². The lowest BCUT2D eigenvalue weighted by Gasteiger charge is -2.23. The Balaban J connectivity index is 1.58. The Morgan fingerprint density at radius 1 is 1.29 bits per heavy atom. The molecule has 1 N–H and O–H groups in total. The van der Waals surface area contributed by atoms with Crippen molar-refractivity contribution in [3.63, 3.8) is 0 Å². The van der Waals surface area contributed by atoms with Crippen LogP contribution in [0.1, 0.15) is 17.8 Å². The van der Waals surface area contributed by atoms with Crippen molar-refractivity contribution in [2.75, 3.05) is 46.8 Å². The highest BCUT2D eigenvalue weighted by molar-refractivity contribution is 5.78. The molecular weight excluding hydrogens is 302 g/mol. The first-order valence-electron chi connectivity index (χ1n) is 8.61. The highest BCUT2D eigenvalue weighted by atomic mass is 16.2. The maximum Gasteiger partial charge on any atom is 0.236 e. The minimum Gasteiger partial charge on any atom is -0.340 e. The molecule has 0 atom stereocenters. The average molecular weight is 329 g/mol. The fraction of sp³-hybridized carbons (Fsp3) is 0.556. The van der Waals surface area contributed by atoms with E-state index >= 15 is 0 Å². The van der Waals surface area contributed by atoms with Crippen LogP contribution in [0.25, 0.3) is 11.0 Å². The van der Waals surface area contributed by atoms with Crippen LogP contribution < -0.4 is 0 Å². The van der Waals surface area contributed by atoms with Gasteiger partial charge in [0.05, 0.1) is 24.1 Å². The Morgan fingerprint density at radius 3 is 2.96 bits per heavy atom. The van der Waals surface area contributed by atoms with Gasteiger partial charge < -0.3 is 14.8 Å². The summed E-state index contributed by atoms with van der Waals surface area (Å²) in [6, 6.07) is 6.15. The summed E-state index contributed by atoms with van der Waals surface area (Å²) >= 11 is 0. The number of fused-ring (bicyclic) bond motifs is 1. The Bertz CT molecular complexity index is 710. The third kappa shape index (κ3) is 4.13. The van der Waals surface area contributed by atoms with Crippen LogP contribution in [0.15, 0.2) is 18.2 Å². The summed E-state index contributed by atoms with van der Waals surface area (Å²) in [5.74, 6) is 0.984. The zero-order valence-corrected chi connectivity index (χ0v) is 14.9. The molecule has 6 heteroatoms. The van der Waals surface area contributed by atoms with E-state index in [0.717, 1.165) is 49.5 Å². The largest absolute Gasteiger partial charge is 0.340 e. The minimum atomic E-state index is 0.149. The summed E-state index contributed by atoms with van der Waals surface area (Å²) < 4.78 is 0. The van der Waals surface area contributed by atoms with E-state index in [1.807, 2.05) is 13.1 Å². The lowest BCUT2D eigenvalue weighted by Crippen LogP contribution is -2.39. The third-order valence-electron chi connectivity index (χ3n) is 4.67. The number of aryl methyl sites for hydroxylation is 1. The fourth-order valence-electron chi connectivity index (χ4n) is 3.13. The summed E-state index contributed by atoms with van der Waals surface area (Å²) in [7, 11) is 3.99. The van der Waals surface area contributed by atoms with E-state index < -0.39 is 0 Å². The molecule has 1 saturated heterocycles. The van der Waals surface area contributed by atoms with Gasteiger partial charge in [-0.1, -0.05) is 6.07 Å². The zero-order valence-electron chi connectivity index (χ0n) is 14.9. The van der Waals surface area contributed by atoms with Crippen molar-refractivity contribution in [2.45, 2.75) is 19.9 Å². The molecule has 2 aromatic rings. The van der Waals surface area contributed by atoms with E-state index in [-0.39, 0.29) is 5.91 Å². The summed E-state index contributed by atoms with van der Waals surface area (Å²) in [5, 5.41) is 0. The molecule has 1 aliphatic rings. The highest BCUT2D eigenvalue weighted by Gasteiger charge is 2.18. The van der Waals surface area contributed by atoms with Gasteiger partial charge in [0.2, 0.25) is 5.91 Å². The summed E-state index contributed by atoms with van der Waals surface area (Å²) in [6.45, 7) is 7.16. The topological polar surface area (TPSA) is 55.5 Å². The number of hydrogen-bond acceptors (Lipinski definition) is 4. The number of nitrogens with zero attached hydrogens (tertiary/aromatic N) is 4. The van der Waals surface area contributed by atoms with Crippen LogP contribution in [0.3, 0.4) is 0 Å². The second-order valence-electron chi connectivity index (χ2n) is 6.89. The van der Waals surface area contributed by atoms with E-state index in [4.69, 9.17) is 0 Å². The van der Waals surface area contributed by atoms with Gasteiger partial charge in [0.25, 0.3) is 0 Å². The first-order chi connectivity index (χ1) is 11.5. The molecule has 0 aliphatic carbocycles. The van der Waals surface area contributed by atoms with E-state index in [1.54, 1.807) is 4.90 Å². The Kier molecular flexibility index (Phi) is 5.16. The van der Waals surface area contributed by atoms with Crippen molar-refractivity contribution in [2.24, 2.45) is 0 Å². The van der Waals surface area contributed by atoms with E-state index in [2.05, 4.69) is 45.9 Å². The van der Waals surface area contributed by atoms with Crippen LogP contribution in [0.5, 0.6) is 0 Å². The van der Waals surface area contributed by atoms with Crippen LogP contribution >= 0.6 is 0 Å². The zero-order chi connectivity index (χ0) is 17.1. The molecule has 0 spiro atoms. The molecule has 3 rings (SSSR count). The molecule has 130 valence electrons. The first kappa shape index (κ1) is 16.9. The van der Waals surface area contributed by atoms with Crippen molar-refractivity contribution in [3.05, 3.63) is 29.6 Å². The Hall–Kier alpha value is -1.92. The SMILES string of the molecule is Cc1ccc2nc(CN(C)C(=O)CN3CCCN(C)CC3)[nH]c2c1. The lowest BCUT2D eigenvalue weighted by molar-refractivity contribution is -0.131. The fourth-order valence-corrected chi connectivity index (χ4v) is 3.13. The van der Waals surface area contributed by atoms with E-state index in [1.165, 1.54) is 5.56 Å². The smallest absolute Gasteiger partial charge is 0.236 e. The second-order valence-corrected chi connectivity index (χ2v) is 6.89. The second kappa shape index (κ2) is 7.32. The molecular formula is C18H27N5O. The molecule has 1 amide bonds. The third-order valence-corrected chi connectivity index (χ3v) is 4.67. The number of aromatic nitrogens is 2. The number of amides is 1. The maximum atomic E-state index is 12.5. The average Bonchev–Trinajstić information content (AvgIpc) is 2.81. The maximum absolute atomic E-state index is 12.5. The van der Waals surface area contributed by atoms with E-state index in [9.17, 15) is 4.79 Å². The van der Waals surface area contributed by atoms with Gasteiger partial charge >= 0.3 is 0 Å². The van der Waals surface area contributed by atoms with Gasteiger partial charge in [-0.15, -0.1) is 0 Å². The van der Waals surface area contributed by atoms with Gasteiger partial charge in [-0.25, -0.2) is 4.98 Å². The summed E-state index contributed by atoms with van der Waals surface area (Å²) in [4.78, 5) is 26.7. The van der Waals surface area contributed by atoms with E-state index in [0.29, 0.717) is 13.1 Å². The van der Waals surface area contributed by atoms with Crippen LogP contribution in [0.2, 0.25) is 0 Å². The van der Waals surface area contributed by atoms with Crippen molar-refractivity contribution in [3.8, 4) is 0 Å². The van der Waals surface area contributed by atoms with Gasteiger partial charge in [0.15, 0.2) is 0 Å². The van der Waals surface area contributed by atoms with Gasteiger partial charge in [-0.05, 0) is 51.2 Å². The van der Waals surface area contributed by atoms with Crippen molar-refractivity contribution >= 4 is 16.9 Å². The van der Waals surface area contributed by atoms with Gasteiger partial charge in [0, 0.05) is 20.1 Å². The molecule has 1 aromatic heterocycles. The molecule has 0 radical (unpaired) electrons. The van der Waals surface area contributed by atoms with Crippen LogP contribution in [0, 0.1) is 6.92 Å². The normalized spacial score (nSPS) is 17.1. The van der Waals surface area contributed by atoms with Crippen LogP contribution in [0.4, 0.5) is 0 Å². The number of carbonyl (C=O) groups is 1. The molecule has 0 unspecified atom stereocenters. The first-order valence-corrected chi connectivity index (χ1v) is 8.61. The molecule has 0 bridgehead atoms. The number of nitrogens with one attached hydrogen (secondary N) is 1. The number of hydrogen-bond donors (Lipinski definition) is 1. The number of benzene rings is 1. The predicted molar refractivity (Wildman–Crippen MR) is 95.9 cm³/mol. The molecule has 1 aliphatic heterocycles. The number of carbonyl (C=O) groups excluding carboxylic acids is 1. The number of rotatable bonds is 4. The molecule has 24 heavy (non-hydrogen) atoms. The summed E-state index contributed by atoms with van der Waals surface area (Å²) in [6.07, 6.45) is 1.12. The quantitative estimate of drug-likeness (QED) is 0.923. The molecule has 1 fully saturated rings. The minimum absolute atomic E-state index is 0.149. The molecule has 2 heterocycles. The van der Waals surface area contributed by atoms with Crippen molar-refractivity contribution in [1.82, 2.24) is 24.7 Å². The summed E-state index contributed by atoms with van der Waals surface area (Å²) in [5.41, 5.74) is 3.18. The molecule has 6 nitrogen and oxygen atoms in total. The number of imidazole rings is 1. The predicted octanol–water partition coefficient (Wildman–Crippen LogP) is 1.47. The highest BCUT2D eigenvalue weighted by Crippen LogP contribution is 2.14. The standard InChI is InChI=1S/C18H27N5O/c1-14-5-6-15-16(11-14)20-17(19-15)12-22(3)18(24)13-23-8-4-7-21(2)9-10-23/h5-6,11H,4,7-10,12-13H2,1-3H3,(H,19,20). The van der Waals surface area contributed by atoms with Crippen molar-refractivity contribution < 1.29 is 4.79 Å². The van der Waals surface area contributed by atoms with Gasteiger partial charge in [0.1, 0.15) is 5.82 Å². The molecule has 1 aromatic carbocycles. The van der Waals surface area contributed by atoms with Gasteiger partial charge in [-0.3, -0.25) is 9.69 Å².